The molecule has 0 fully saturated rings. The van der Waals surface area contributed by atoms with Crippen molar-refractivity contribution in [3.63, 3.8) is 0 Å². The van der Waals surface area contributed by atoms with Crippen LogP contribution in [-0.2, 0) is 12.8 Å². The average Bonchev–Trinajstić information content (AvgIpc) is 2.55. The third-order valence-corrected chi connectivity index (χ3v) is 4.50. The highest BCUT2D eigenvalue weighted by Gasteiger charge is 2.23. The Morgan fingerprint density at radius 1 is 1.24 bits per heavy atom. The van der Waals surface area contributed by atoms with Gasteiger partial charge in [0.25, 0.3) is 0 Å². The summed E-state index contributed by atoms with van der Waals surface area (Å²) in [5, 5.41) is 0. The number of fused-ring (bicyclic) bond motifs is 1. The quantitative estimate of drug-likeness (QED) is 0.654. The maximum Gasteiger partial charge on any atom is 0.0300 e. The minimum Gasteiger partial charge on any atom is -0.271 e. The molecule has 2 aromatic rings. The molecular formula is C18H23N3. The zero-order chi connectivity index (χ0) is 14.5. The van der Waals surface area contributed by atoms with E-state index in [1.54, 1.807) is 0 Å². The van der Waals surface area contributed by atoms with E-state index in [2.05, 4.69) is 40.7 Å². The molecule has 2 unspecified atom stereocenters. The Morgan fingerprint density at radius 2 is 2.14 bits per heavy atom. The van der Waals surface area contributed by atoms with E-state index in [-0.39, 0.29) is 0 Å². The van der Waals surface area contributed by atoms with Crippen LogP contribution in [0.5, 0.6) is 0 Å². The molecule has 3 N–H and O–H groups in total. The summed E-state index contributed by atoms with van der Waals surface area (Å²) < 4.78 is 0. The molecule has 21 heavy (non-hydrogen) atoms. The second-order valence-electron chi connectivity index (χ2n) is 5.95. The standard InChI is InChI=1S/C18H23N3/c19-21-17(11-14-5-4-10-20-13-14)12-16-8-3-7-15-6-1-2-9-18(15)16/h1-2,4-6,9-10,13,16-17,21H,3,7-8,11-12,19H2. The third-order valence-electron chi connectivity index (χ3n) is 4.50. The number of aromatic nitrogens is 1. The lowest BCUT2D eigenvalue weighted by molar-refractivity contribution is 0.413. The maximum atomic E-state index is 5.79. The van der Waals surface area contributed by atoms with Crippen LogP contribution in [0.3, 0.4) is 0 Å². The largest absolute Gasteiger partial charge is 0.271 e. The van der Waals surface area contributed by atoms with Gasteiger partial charge in [-0.2, -0.15) is 0 Å². The fourth-order valence-electron chi connectivity index (χ4n) is 3.46. The number of nitrogens with one attached hydrogen (secondary N) is 1. The molecule has 1 aromatic carbocycles. The molecule has 0 radical (unpaired) electrons. The lowest BCUT2D eigenvalue weighted by atomic mass is 9.79. The van der Waals surface area contributed by atoms with Gasteiger partial charge in [0.2, 0.25) is 0 Å². The second-order valence-corrected chi connectivity index (χ2v) is 5.95. The first-order chi connectivity index (χ1) is 10.4. The number of hydrogen-bond donors (Lipinski definition) is 2. The summed E-state index contributed by atoms with van der Waals surface area (Å²) in [6.07, 6.45) is 9.53. The summed E-state index contributed by atoms with van der Waals surface area (Å²) in [5.41, 5.74) is 7.28. The van der Waals surface area contributed by atoms with Gasteiger partial charge >= 0.3 is 0 Å². The SMILES string of the molecule is NNC(Cc1cccnc1)CC1CCCc2ccccc21. The number of benzene rings is 1. The Morgan fingerprint density at radius 3 is 2.95 bits per heavy atom. The van der Waals surface area contributed by atoms with Crippen LogP contribution in [0.15, 0.2) is 48.8 Å². The zero-order valence-corrected chi connectivity index (χ0v) is 12.3. The molecule has 1 heterocycles. The number of hydrogen-bond acceptors (Lipinski definition) is 3. The van der Waals surface area contributed by atoms with E-state index in [9.17, 15) is 0 Å². The van der Waals surface area contributed by atoms with Gasteiger partial charge in [0.1, 0.15) is 0 Å². The number of rotatable bonds is 5. The molecule has 0 spiro atoms. The second kappa shape index (κ2) is 6.83. The minimum atomic E-state index is 0.297. The fourth-order valence-corrected chi connectivity index (χ4v) is 3.46. The molecule has 3 nitrogen and oxygen atoms in total. The van der Waals surface area contributed by atoms with Crippen LogP contribution < -0.4 is 11.3 Å². The number of aryl methyl sites for hydroxylation is 1. The molecule has 0 aliphatic heterocycles. The van der Waals surface area contributed by atoms with Gasteiger partial charge in [0.05, 0.1) is 0 Å². The van der Waals surface area contributed by atoms with Crippen LogP contribution in [0.2, 0.25) is 0 Å². The van der Waals surface area contributed by atoms with E-state index < -0.39 is 0 Å². The molecule has 110 valence electrons. The van der Waals surface area contributed by atoms with Crippen molar-refractivity contribution in [2.75, 3.05) is 0 Å². The molecule has 2 atom stereocenters. The molecule has 0 saturated heterocycles. The van der Waals surface area contributed by atoms with Crippen molar-refractivity contribution in [1.82, 2.24) is 10.4 Å². The zero-order valence-electron chi connectivity index (χ0n) is 12.3. The van der Waals surface area contributed by atoms with Crippen molar-refractivity contribution in [2.45, 2.75) is 44.1 Å². The molecule has 3 heteroatoms. The molecule has 0 saturated carbocycles. The summed E-state index contributed by atoms with van der Waals surface area (Å²) >= 11 is 0. The van der Waals surface area contributed by atoms with Crippen molar-refractivity contribution in [3.05, 3.63) is 65.5 Å². The van der Waals surface area contributed by atoms with Gasteiger partial charge < -0.3 is 0 Å². The Hall–Kier alpha value is -1.71. The van der Waals surface area contributed by atoms with Crippen molar-refractivity contribution in [1.29, 1.82) is 0 Å². The Bertz CT molecular complexity index is 568. The van der Waals surface area contributed by atoms with Crippen molar-refractivity contribution >= 4 is 0 Å². The highest BCUT2D eigenvalue weighted by Crippen LogP contribution is 2.34. The lowest BCUT2D eigenvalue weighted by Crippen LogP contribution is -2.38. The van der Waals surface area contributed by atoms with Gasteiger partial charge in [0, 0.05) is 18.4 Å². The highest BCUT2D eigenvalue weighted by atomic mass is 15.2. The fraction of sp³-hybridized carbons (Fsp3) is 0.389. The lowest BCUT2D eigenvalue weighted by Gasteiger charge is -2.28. The van der Waals surface area contributed by atoms with Gasteiger partial charge in [-0.3, -0.25) is 16.3 Å². The van der Waals surface area contributed by atoms with Crippen molar-refractivity contribution < 1.29 is 0 Å². The van der Waals surface area contributed by atoms with E-state index in [0.717, 1.165) is 12.8 Å². The topological polar surface area (TPSA) is 50.9 Å². The Labute approximate surface area is 126 Å². The number of nitrogens with zero attached hydrogens (tertiary/aromatic N) is 1. The van der Waals surface area contributed by atoms with Gasteiger partial charge in [-0.05, 0) is 60.8 Å². The summed E-state index contributed by atoms with van der Waals surface area (Å²) in [6.45, 7) is 0. The van der Waals surface area contributed by atoms with Crippen molar-refractivity contribution in [3.8, 4) is 0 Å². The number of nitrogens with two attached hydrogens (primary N) is 1. The van der Waals surface area contributed by atoms with Crippen LogP contribution in [0, 0.1) is 0 Å². The molecular weight excluding hydrogens is 258 g/mol. The highest BCUT2D eigenvalue weighted by molar-refractivity contribution is 5.32. The van der Waals surface area contributed by atoms with E-state index in [4.69, 9.17) is 5.84 Å². The number of hydrazine groups is 1. The summed E-state index contributed by atoms with van der Waals surface area (Å²) in [5.74, 6) is 6.41. The van der Waals surface area contributed by atoms with Crippen LogP contribution in [0.25, 0.3) is 0 Å². The summed E-state index contributed by atoms with van der Waals surface area (Å²) in [4.78, 5) is 4.19. The van der Waals surface area contributed by atoms with Gasteiger partial charge in [0.15, 0.2) is 0 Å². The predicted molar refractivity (Wildman–Crippen MR) is 85.8 cm³/mol. The van der Waals surface area contributed by atoms with Gasteiger partial charge in [-0.25, -0.2) is 0 Å². The van der Waals surface area contributed by atoms with E-state index in [1.165, 1.54) is 36.0 Å². The third kappa shape index (κ3) is 3.49. The van der Waals surface area contributed by atoms with E-state index in [1.807, 2.05) is 18.5 Å². The molecule has 0 bridgehead atoms. The van der Waals surface area contributed by atoms with Crippen molar-refractivity contribution in [2.24, 2.45) is 5.84 Å². The first kappa shape index (κ1) is 14.2. The first-order valence-electron chi connectivity index (χ1n) is 7.79. The number of pyridine rings is 1. The molecule has 1 aliphatic rings. The predicted octanol–water partition coefficient (Wildman–Crippen LogP) is 2.97. The van der Waals surface area contributed by atoms with Gasteiger partial charge in [-0.1, -0.05) is 30.3 Å². The molecule has 0 amide bonds. The van der Waals surface area contributed by atoms with E-state index in [0.29, 0.717) is 12.0 Å². The normalized spacial score (nSPS) is 19.0. The minimum absolute atomic E-state index is 0.297. The summed E-state index contributed by atoms with van der Waals surface area (Å²) in [6, 6.07) is 13.3. The monoisotopic (exact) mass is 281 g/mol. The Balaban J connectivity index is 1.70. The van der Waals surface area contributed by atoms with Crippen LogP contribution in [0.4, 0.5) is 0 Å². The maximum absolute atomic E-state index is 5.79. The summed E-state index contributed by atoms with van der Waals surface area (Å²) in [7, 11) is 0. The van der Waals surface area contributed by atoms with Crippen LogP contribution >= 0.6 is 0 Å². The van der Waals surface area contributed by atoms with Gasteiger partial charge in [-0.15, -0.1) is 0 Å². The molecule has 1 aliphatic carbocycles. The molecule has 3 rings (SSSR count). The Kier molecular flexibility index (Phi) is 4.63. The average molecular weight is 281 g/mol. The van der Waals surface area contributed by atoms with Crippen LogP contribution in [-0.4, -0.2) is 11.0 Å². The molecule has 1 aromatic heterocycles. The van der Waals surface area contributed by atoms with Crippen LogP contribution in [0.1, 0.15) is 41.9 Å². The van der Waals surface area contributed by atoms with E-state index >= 15 is 0 Å². The first-order valence-corrected chi connectivity index (χ1v) is 7.79. The smallest absolute Gasteiger partial charge is 0.0300 e.